The van der Waals surface area contributed by atoms with Gasteiger partial charge in [0, 0.05) is 11.6 Å². The van der Waals surface area contributed by atoms with Gasteiger partial charge in [-0.05, 0) is 12.8 Å². The zero-order valence-corrected chi connectivity index (χ0v) is 9.57. The van der Waals surface area contributed by atoms with Gasteiger partial charge in [0.25, 0.3) is 5.91 Å². The minimum Gasteiger partial charge on any atom is -0.364 e. The quantitative estimate of drug-likeness (QED) is 0.824. The summed E-state index contributed by atoms with van der Waals surface area (Å²) >= 11 is 0. The van der Waals surface area contributed by atoms with Crippen molar-refractivity contribution < 1.29 is 4.79 Å². The zero-order valence-electron chi connectivity index (χ0n) is 9.57. The van der Waals surface area contributed by atoms with Crippen LogP contribution in [0.5, 0.6) is 0 Å². The summed E-state index contributed by atoms with van der Waals surface area (Å²) in [5.41, 5.74) is 6.48. The average Bonchev–Trinajstić information content (AvgIpc) is 2.30. The van der Waals surface area contributed by atoms with Gasteiger partial charge >= 0.3 is 0 Å². The second kappa shape index (κ2) is 4.20. The Morgan fingerprint density at radius 1 is 1.25 bits per heavy atom. The average molecular weight is 219 g/mol. The lowest BCUT2D eigenvalue weighted by molar-refractivity contribution is 0.0995. The van der Waals surface area contributed by atoms with Crippen molar-refractivity contribution in [3.05, 3.63) is 23.8 Å². The molecule has 2 N–H and O–H groups in total. The number of hydrogen-bond acceptors (Lipinski definition) is 3. The predicted octanol–water partition coefficient (Wildman–Crippen LogP) is 1.80. The number of rotatable bonds is 2. The fraction of sp³-hybridized carbons (Fsp3) is 0.583. The van der Waals surface area contributed by atoms with E-state index in [1.54, 1.807) is 6.20 Å². The molecule has 16 heavy (non-hydrogen) atoms. The van der Waals surface area contributed by atoms with E-state index in [-0.39, 0.29) is 11.1 Å². The highest BCUT2D eigenvalue weighted by molar-refractivity contribution is 5.90. The van der Waals surface area contributed by atoms with E-state index in [0.29, 0.717) is 0 Å². The van der Waals surface area contributed by atoms with Crippen LogP contribution in [0.15, 0.2) is 12.4 Å². The number of nitrogens with zero attached hydrogens (tertiary/aromatic N) is 2. The highest BCUT2D eigenvalue weighted by atomic mass is 16.1. The number of aromatic nitrogens is 2. The molecule has 1 aromatic heterocycles. The highest BCUT2D eigenvalue weighted by Crippen LogP contribution is 2.37. The fourth-order valence-electron chi connectivity index (χ4n) is 2.36. The highest BCUT2D eigenvalue weighted by Gasteiger charge is 2.30. The van der Waals surface area contributed by atoms with Crippen LogP contribution in [-0.4, -0.2) is 15.9 Å². The van der Waals surface area contributed by atoms with Gasteiger partial charge in [-0.2, -0.15) is 0 Å². The maximum absolute atomic E-state index is 10.9. The fourth-order valence-corrected chi connectivity index (χ4v) is 2.36. The first kappa shape index (κ1) is 11.0. The van der Waals surface area contributed by atoms with Crippen LogP contribution in [0.1, 0.15) is 55.2 Å². The minimum atomic E-state index is -0.521. The number of primary amides is 1. The van der Waals surface area contributed by atoms with E-state index >= 15 is 0 Å². The Kier molecular flexibility index (Phi) is 2.90. The summed E-state index contributed by atoms with van der Waals surface area (Å²) in [7, 11) is 0. The van der Waals surface area contributed by atoms with E-state index in [0.717, 1.165) is 18.5 Å². The van der Waals surface area contributed by atoms with Crippen molar-refractivity contribution in [3.8, 4) is 0 Å². The molecule has 0 radical (unpaired) electrons. The first-order valence-electron chi connectivity index (χ1n) is 5.74. The van der Waals surface area contributed by atoms with Crippen molar-refractivity contribution in [1.82, 2.24) is 9.97 Å². The SMILES string of the molecule is CC1(c2cnc(C(N)=O)cn2)CCCCC1. The third-order valence-corrected chi connectivity index (χ3v) is 3.48. The molecule has 0 aromatic carbocycles. The van der Waals surface area contributed by atoms with E-state index in [4.69, 9.17) is 5.73 Å². The van der Waals surface area contributed by atoms with Gasteiger partial charge in [0.05, 0.1) is 11.9 Å². The van der Waals surface area contributed by atoms with Gasteiger partial charge in [-0.3, -0.25) is 9.78 Å². The molecule has 0 atom stereocenters. The summed E-state index contributed by atoms with van der Waals surface area (Å²) in [5.74, 6) is -0.521. The Bertz CT molecular complexity index is 380. The van der Waals surface area contributed by atoms with Crippen molar-refractivity contribution in [2.45, 2.75) is 44.4 Å². The Morgan fingerprint density at radius 3 is 2.44 bits per heavy atom. The Labute approximate surface area is 95.3 Å². The van der Waals surface area contributed by atoms with Gasteiger partial charge in [-0.25, -0.2) is 4.98 Å². The van der Waals surface area contributed by atoms with Gasteiger partial charge in [0.1, 0.15) is 5.69 Å². The monoisotopic (exact) mass is 219 g/mol. The second-order valence-corrected chi connectivity index (χ2v) is 4.77. The molecule has 1 aliphatic rings. The molecule has 0 bridgehead atoms. The number of amides is 1. The summed E-state index contributed by atoms with van der Waals surface area (Å²) in [5, 5.41) is 0. The van der Waals surface area contributed by atoms with Crippen molar-refractivity contribution in [2.24, 2.45) is 5.73 Å². The maximum atomic E-state index is 10.9. The van der Waals surface area contributed by atoms with Crippen LogP contribution in [-0.2, 0) is 5.41 Å². The van der Waals surface area contributed by atoms with Crippen LogP contribution in [0.2, 0.25) is 0 Å². The van der Waals surface area contributed by atoms with Crippen LogP contribution in [0.3, 0.4) is 0 Å². The molecule has 4 nitrogen and oxygen atoms in total. The molecule has 1 amide bonds. The summed E-state index contributed by atoms with van der Waals surface area (Å²) in [4.78, 5) is 19.3. The normalized spacial score (nSPS) is 19.3. The first-order chi connectivity index (χ1) is 7.62. The van der Waals surface area contributed by atoms with E-state index < -0.39 is 5.91 Å². The summed E-state index contributed by atoms with van der Waals surface area (Å²) in [6.45, 7) is 2.22. The number of carbonyl (C=O) groups is 1. The number of hydrogen-bond donors (Lipinski definition) is 1. The molecule has 1 heterocycles. The Balaban J connectivity index is 2.23. The zero-order chi connectivity index (χ0) is 11.6. The maximum Gasteiger partial charge on any atom is 0.268 e. The Hall–Kier alpha value is -1.45. The summed E-state index contributed by atoms with van der Waals surface area (Å²) in [6.07, 6.45) is 9.28. The first-order valence-corrected chi connectivity index (χ1v) is 5.74. The molecule has 0 spiro atoms. The molecule has 4 heteroatoms. The second-order valence-electron chi connectivity index (χ2n) is 4.77. The molecule has 86 valence electrons. The lowest BCUT2D eigenvalue weighted by atomic mass is 9.73. The van der Waals surface area contributed by atoms with Crippen LogP contribution in [0.4, 0.5) is 0 Å². The summed E-state index contributed by atoms with van der Waals surface area (Å²) in [6, 6.07) is 0. The topological polar surface area (TPSA) is 68.9 Å². The third kappa shape index (κ3) is 2.05. The molecule has 0 unspecified atom stereocenters. The smallest absolute Gasteiger partial charge is 0.268 e. The van der Waals surface area contributed by atoms with E-state index in [2.05, 4.69) is 16.9 Å². The third-order valence-electron chi connectivity index (χ3n) is 3.48. The van der Waals surface area contributed by atoms with Crippen LogP contribution in [0, 0.1) is 0 Å². The largest absolute Gasteiger partial charge is 0.364 e. The van der Waals surface area contributed by atoms with E-state index in [1.807, 2.05) is 0 Å². The van der Waals surface area contributed by atoms with Crippen molar-refractivity contribution in [2.75, 3.05) is 0 Å². The molecular formula is C12H17N3O. The molecule has 1 aromatic rings. The molecule has 2 rings (SSSR count). The van der Waals surface area contributed by atoms with Crippen molar-refractivity contribution in [3.63, 3.8) is 0 Å². The summed E-state index contributed by atoms with van der Waals surface area (Å²) < 4.78 is 0. The van der Waals surface area contributed by atoms with E-state index in [1.165, 1.54) is 25.5 Å². The lowest BCUT2D eigenvalue weighted by Gasteiger charge is -2.32. The number of carbonyl (C=O) groups excluding carboxylic acids is 1. The predicted molar refractivity (Wildman–Crippen MR) is 61.0 cm³/mol. The molecular weight excluding hydrogens is 202 g/mol. The van der Waals surface area contributed by atoms with Crippen LogP contribution >= 0.6 is 0 Å². The molecule has 1 saturated carbocycles. The molecule has 0 saturated heterocycles. The van der Waals surface area contributed by atoms with E-state index in [9.17, 15) is 4.79 Å². The molecule has 1 fully saturated rings. The van der Waals surface area contributed by atoms with Gasteiger partial charge in [0.2, 0.25) is 0 Å². The molecule has 0 aliphatic heterocycles. The standard InChI is InChI=1S/C12H17N3O/c1-12(5-3-2-4-6-12)10-8-14-9(7-15-10)11(13)16/h7-8H,2-6H2,1H3,(H2,13,16). The van der Waals surface area contributed by atoms with Gasteiger partial charge in [-0.15, -0.1) is 0 Å². The molecule has 1 aliphatic carbocycles. The lowest BCUT2D eigenvalue weighted by Crippen LogP contribution is -2.27. The van der Waals surface area contributed by atoms with Crippen LogP contribution < -0.4 is 5.73 Å². The van der Waals surface area contributed by atoms with Crippen molar-refractivity contribution >= 4 is 5.91 Å². The van der Waals surface area contributed by atoms with Gasteiger partial charge in [-0.1, -0.05) is 26.2 Å². The Morgan fingerprint density at radius 2 is 1.94 bits per heavy atom. The van der Waals surface area contributed by atoms with Gasteiger partial charge in [0.15, 0.2) is 0 Å². The van der Waals surface area contributed by atoms with Gasteiger partial charge < -0.3 is 5.73 Å². The van der Waals surface area contributed by atoms with Crippen molar-refractivity contribution in [1.29, 1.82) is 0 Å². The minimum absolute atomic E-state index is 0.126. The number of nitrogens with two attached hydrogens (primary N) is 1. The van der Waals surface area contributed by atoms with Crippen LogP contribution in [0.25, 0.3) is 0 Å².